The fourth-order valence-corrected chi connectivity index (χ4v) is 3.24. The Labute approximate surface area is 150 Å². The Morgan fingerprint density at radius 3 is 1.21 bits per heavy atom. The van der Waals surface area contributed by atoms with Gasteiger partial charge in [0.25, 0.3) is 0 Å². The van der Waals surface area contributed by atoms with Crippen LogP contribution in [0.5, 0.6) is 0 Å². The number of rotatable bonds is 17. The van der Waals surface area contributed by atoms with E-state index in [2.05, 4.69) is 6.92 Å². The Kier molecular flexibility index (Phi) is 15.0. The maximum atomic E-state index is 12.3. The second kappa shape index (κ2) is 15.1. The number of unbranched alkanes of at least 4 members (excludes halogenated alkanes) is 13. The van der Waals surface area contributed by atoms with Crippen LogP contribution in [0.15, 0.2) is 0 Å². The summed E-state index contributed by atoms with van der Waals surface area (Å²) in [4.78, 5) is 0. The molecule has 0 amide bonds. The van der Waals surface area contributed by atoms with Crippen molar-refractivity contribution in [3.8, 4) is 0 Å². The lowest BCUT2D eigenvalue weighted by atomic mass is 10.0. The van der Waals surface area contributed by atoms with Crippen molar-refractivity contribution in [3.63, 3.8) is 0 Å². The van der Waals surface area contributed by atoms with Crippen LogP contribution in [0.4, 0.5) is 0 Å². The molecule has 4 heteroatoms. The highest BCUT2D eigenvalue weighted by molar-refractivity contribution is 4.51. The van der Waals surface area contributed by atoms with Crippen LogP contribution >= 0.6 is 0 Å². The third kappa shape index (κ3) is 11.4. The van der Waals surface area contributed by atoms with E-state index in [4.69, 9.17) is 0 Å². The lowest BCUT2D eigenvalue weighted by Crippen LogP contribution is -2.55. The van der Waals surface area contributed by atoms with Gasteiger partial charge in [-0.2, -0.15) is 0 Å². The molecule has 0 fully saturated rings. The molecular formula is C20H43NO3. The summed E-state index contributed by atoms with van der Waals surface area (Å²) < 4.78 is -0.905. The monoisotopic (exact) mass is 345 g/mol. The van der Waals surface area contributed by atoms with Crippen molar-refractivity contribution in [2.24, 2.45) is 0 Å². The summed E-state index contributed by atoms with van der Waals surface area (Å²) in [5, 5.41) is 31.3. The fraction of sp³-hybridized carbons (Fsp3) is 1.00. The molecule has 2 unspecified atom stereocenters. The van der Waals surface area contributed by atoms with Gasteiger partial charge in [0.1, 0.15) is 0 Å². The molecule has 24 heavy (non-hydrogen) atoms. The van der Waals surface area contributed by atoms with E-state index in [1.807, 2.05) is 0 Å². The number of nitrogens with zero attached hydrogens (tertiary/aromatic N) is 1. The number of hydroxylamine groups is 3. The molecule has 0 aliphatic heterocycles. The first kappa shape index (κ1) is 23.8. The third-order valence-electron chi connectivity index (χ3n) is 5.13. The van der Waals surface area contributed by atoms with Gasteiger partial charge in [0.2, 0.25) is 0 Å². The topological polar surface area (TPSA) is 63.5 Å². The van der Waals surface area contributed by atoms with Gasteiger partial charge < -0.3 is 20.1 Å². The lowest BCUT2D eigenvalue weighted by molar-refractivity contribution is -0.965. The highest BCUT2D eigenvalue weighted by Crippen LogP contribution is 2.18. The molecule has 0 rings (SSSR count). The summed E-state index contributed by atoms with van der Waals surface area (Å²) in [6.07, 6.45) is 15.7. The molecule has 0 aliphatic rings. The summed E-state index contributed by atoms with van der Waals surface area (Å²) in [6.45, 7) is 5.48. The minimum absolute atomic E-state index is 0.299. The molecule has 0 radical (unpaired) electrons. The van der Waals surface area contributed by atoms with Crippen LogP contribution < -0.4 is 0 Å². The molecular weight excluding hydrogens is 302 g/mol. The molecule has 2 N–H and O–H groups in total. The van der Waals surface area contributed by atoms with E-state index in [1.54, 1.807) is 0 Å². The highest BCUT2D eigenvalue weighted by Gasteiger charge is 2.27. The van der Waals surface area contributed by atoms with E-state index in [0.29, 0.717) is 6.54 Å². The quantitative estimate of drug-likeness (QED) is 0.159. The van der Waals surface area contributed by atoms with Crippen LogP contribution in [-0.4, -0.2) is 33.9 Å². The van der Waals surface area contributed by atoms with Crippen molar-refractivity contribution in [2.45, 2.75) is 123 Å². The van der Waals surface area contributed by atoms with Gasteiger partial charge in [-0.15, -0.1) is 0 Å². The van der Waals surface area contributed by atoms with E-state index >= 15 is 0 Å². The summed E-state index contributed by atoms with van der Waals surface area (Å²) in [6, 6.07) is 0. The molecule has 0 aliphatic carbocycles. The van der Waals surface area contributed by atoms with E-state index < -0.39 is 17.1 Å². The molecule has 0 bridgehead atoms. The third-order valence-corrected chi connectivity index (χ3v) is 5.13. The molecule has 146 valence electrons. The summed E-state index contributed by atoms with van der Waals surface area (Å²) >= 11 is 0. The second-order valence-electron chi connectivity index (χ2n) is 7.44. The first-order valence-corrected chi connectivity index (χ1v) is 10.4. The van der Waals surface area contributed by atoms with Gasteiger partial charge in [0.05, 0.1) is 6.54 Å². The lowest BCUT2D eigenvalue weighted by Gasteiger charge is -2.47. The van der Waals surface area contributed by atoms with Crippen molar-refractivity contribution in [3.05, 3.63) is 5.21 Å². The maximum absolute atomic E-state index is 12.3. The van der Waals surface area contributed by atoms with Crippen LogP contribution in [0.25, 0.3) is 0 Å². The molecule has 4 nitrogen and oxygen atoms in total. The van der Waals surface area contributed by atoms with E-state index in [-0.39, 0.29) is 0 Å². The van der Waals surface area contributed by atoms with Crippen LogP contribution in [0, 0.1) is 5.21 Å². The number of hydrogen-bond donors (Lipinski definition) is 2. The summed E-state index contributed by atoms with van der Waals surface area (Å²) in [5.74, 6) is 0. The van der Waals surface area contributed by atoms with Gasteiger partial charge in [-0.05, 0) is 12.8 Å². The second-order valence-corrected chi connectivity index (χ2v) is 7.44. The molecule has 0 aromatic heterocycles. The molecule has 2 atom stereocenters. The molecule has 0 heterocycles. The Morgan fingerprint density at radius 2 is 0.917 bits per heavy atom. The van der Waals surface area contributed by atoms with Crippen LogP contribution in [-0.2, 0) is 0 Å². The van der Waals surface area contributed by atoms with E-state index in [9.17, 15) is 15.4 Å². The number of aliphatic hydroxyl groups is 2. The first-order valence-electron chi connectivity index (χ1n) is 10.4. The zero-order chi connectivity index (χ0) is 18.3. The van der Waals surface area contributed by atoms with Gasteiger partial charge >= 0.3 is 0 Å². The normalized spacial score (nSPS) is 16.8. The van der Waals surface area contributed by atoms with Crippen molar-refractivity contribution >= 4 is 0 Å². The Morgan fingerprint density at radius 1 is 0.625 bits per heavy atom. The van der Waals surface area contributed by atoms with Gasteiger partial charge in [-0.25, -0.2) is 0 Å². The molecule has 0 spiro atoms. The predicted molar refractivity (Wildman–Crippen MR) is 102 cm³/mol. The smallest absolute Gasteiger partial charge is 0.189 e. The SMILES string of the molecule is CCCCCCCCCCCCCCCC[N+]([O-])(C(C)O)C(C)O. The summed E-state index contributed by atoms with van der Waals surface area (Å²) in [5.41, 5.74) is 0. The van der Waals surface area contributed by atoms with Crippen molar-refractivity contribution < 1.29 is 14.9 Å². The summed E-state index contributed by atoms with van der Waals surface area (Å²) in [7, 11) is 0. The van der Waals surface area contributed by atoms with Gasteiger partial charge in [-0.3, -0.25) is 0 Å². The largest absolute Gasteiger partial charge is 0.629 e. The van der Waals surface area contributed by atoms with Crippen molar-refractivity contribution in [2.75, 3.05) is 6.54 Å². The van der Waals surface area contributed by atoms with Crippen molar-refractivity contribution in [1.29, 1.82) is 0 Å². The predicted octanol–water partition coefficient (Wildman–Crippen LogP) is 5.46. The van der Waals surface area contributed by atoms with E-state index in [1.165, 1.54) is 84.5 Å². The van der Waals surface area contributed by atoms with Gasteiger partial charge in [-0.1, -0.05) is 84.0 Å². The fourth-order valence-electron chi connectivity index (χ4n) is 3.24. The highest BCUT2D eigenvalue weighted by atomic mass is 16.6. The average Bonchev–Trinajstić information content (AvgIpc) is 2.54. The number of hydrogen-bond acceptors (Lipinski definition) is 3. The molecule has 0 saturated heterocycles. The van der Waals surface area contributed by atoms with Crippen LogP contribution in [0.3, 0.4) is 0 Å². The first-order chi connectivity index (χ1) is 11.4. The number of quaternary nitrogens is 1. The van der Waals surface area contributed by atoms with E-state index in [0.717, 1.165) is 19.3 Å². The Bertz CT molecular complexity index is 262. The zero-order valence-electron chi connectivity index (χ0n) is 16.5. The standard InChI is InChI=1S/C20H43NO3/c1-4-5-6-7-8-9-10-11-12-13-14-15-16-17-18-21(24,19(2)22)20(3)23/h19-20,22-23H,4-18H2,1-3H3. The Hall–Kier alpha value is -0.160. The minimum Gasteiger partial charge on any atom is -0.629 e. The Balaban J connectivity index is 3.37. The van der Waals surface area contributed by atoms with Crippen molar-refractivity contribution in [1.82, 2.24) is 0 Å². The average molecular weight is 346 g/mol. The van der Waals surface area contributed by atoms with Gasteiger partial charge in [0.15, 0.2) is 12.5 Å². The minimum atomic E-state index is -1.06. The maximum Gasteiger partial charge on any atom is 0.189 e. The van der Waals surface area contributed by atoms with Crippen LogP contribution in [0.1, 0.15) is 111 Å². The zero-order valence-corrected chi connectivity index (χ0v) is 16.5. The molecule has 0 saturated carbocycles. The van der Waals surface area contributed by atoms with Gasteiger partial charge in [0, 0.05) is 13.8 Å². The number of aliphatic hydroxyl groups excluding tert-OH is 2. The van der Waals surface area contributed by atoms with Crippen LogP contribution in [0.2, 0.25) is 0 Å². The molecule has 0 aromatic carbocycles. The molecule has 0 aromatic rings.